The standard InChI is InChI=1S/C32H34B7ClFN6O4P/c1-16-20-12-18(41)9-10-19(20)24-21(14-46(8)44-24)30(33,34)23-25(47(45-26(23)40)32(38,39)31(35,36)37)17-11-22(49-16)27(42-13-17)43-15-48-52(50-28(2,3)4)51-29(5,6)7/h9-14,16H,15H2,1-8H3,(H,42,43)/t16-/m1/s1. The van der Waals surface area contributed by atoms with Gasteiger partial charge >= 0.3 is 8.60 Å². The Morgan fingerprint density at radius 3 is 2.25 bits per heavy atom. The van der Waals surface area contributed by atoms with Crippen LogP contribution in [0.25, 0.3) is 22.5 Å². The maximum Gasteiger partial charge on any atom is 0.335 e. The van der Waals surface area contributed by atoms with Gasteiger partial charge in [0.05, 0.1) is 77.5 Å². The summed E-state index contributed by atoms with van der Waals surface area (Å²) in [5.41, 5.74) is 0.832. The van der Waals surface area contributed by atoms with Gasteiger partial charge in [-0.05, 0) is 88.8 Å². The average Bonchev–Trinajstić information content (AvgIpc) is 3.56. The number of rotatable bonds is 8. The van der Waals surface area contributed by atoms with Crippen molar-refractivity contribution in [3.05, 3.63) is 64.3 Å². The molecule has 2 bridgehead atoms. The minimum absolute atomic E-state index is 0.0475. The van der Waals surface area contributed by atoms with Gasteiger partial charge in [0.1, 0.15) is 18.7 Å². The summed E-state index contributed by atoms with van der Waals surface area (Å²) in [4.78, 5) is 4.65. The molecule has 4 heterocycles. The molecule has 0 saturated carbocycles. The maximum absolute atomic E-state index is 14.9. The molecular formula is C32H34B7ClFN6O4P. The number of aromatic nitrogens is 5. The number of nitrogens with one attached hydrogen (secondary N) is 1. The van der Waals surface area contributed by atoms with Crippen LogP contribution in [0.3, 0.4) is 0 Å². The number of ether oxygens (including phenoxy) is 1. The molecule has 1 N–H and O–H groups in total. The molecule has 0 fully saturated rings. The number of nitrogens with zero attached hydrogens (tertiary/aromatic N) is 5. The van der Waals surface area contributed by atoms with Gasteiger partial charge in [0, 0.05) is 41.7 Å². The molecule has 10 nitrogen and oxygen atoms in total. The van der Waals surface area contributed by atoms with Crippen LogP contribution in [-0.4, -0.2) is 97.4 Å². The molecule has 0 unspecified atom stereocenters. The van der Waals surface area contributed by atoms with Gasteiger partial charge in [0.25, 0.3) is 0 Å². The second kappa shape index (κ2) is 14.2. The third-order valence-corrected chi connectivity index (χ3v) is 9.82. The number of hydrogen-bond donors (Lipinski definition) is 1. The third-order valence-electron chi connectivity index (χ3n) is 7.82. The highest BCUT2D eigenvalue weighted by Gasteiger charge is 2.41. The van der Waals surface area contributed by atoms with Crippen LogP contribution in [0.15, 0.2) is 36.7 Å². The fraction of sp³-hybridized carbons (Fsp3) is 0.469. The van der Waals surface area contributed by atoms with Gasteiger partial charge in [-0.2, -0.15) is 10.2 Å². The van der Waals surface area contributed by atoms with E-state index in [4.69, 9.17) is 84.8 Å². The lowest BCUT2D eigenvalue weighted by Gasteiger charge is -2.43. The Kier molecular flexibility index (Phi) is 11.1. The largest absolute Gasteiger partial charge is 0.482 e. The predicted molar refractivity (Wildman–Crippen MR) is 208 cm³/mol. The Bertz CT molecular complexity index is 1950. The Morgan fingerprint density at radius 2 is 1.65 bits per heavy atom. The molecule has 256 valence electrons. The number of benzene rings is 1. The lowest BCUT2D eigenvalue weighted by Crippen LogP contribution is -2.49. The molecule has 0 saturated heterocycles. The number of halogens is 2. The Hall–Kier alpha value is -2.63. The van der Waals surface area contributed by atoms with E-state index in [1.54, 1.807) is 32.3 Å². The second-order valence-corrected chi connectivity index (χ2v) is 16.2. The van der Waals surface area contributed by atoms with E-state index < -0.39 is 47.4 Å². The highest BCUT2D eigenvalue weighted by molar-refractivity contribution is 7.41. The second-order valence-electron chi connectivity index (χ2n) is 14.8. The molecule has 0 spiro atoms. The van der Waals surface area contributed by atoms with Gasteiger partial charge in [0.2, 0.25) is 0 Å². The van der Waals surface area contributed by atoms with E-state index in [1.165, 1.54) is 23.0 Å². The number of hydrogen-bond acceptors (Lipinski definition) is 8. The summed E-state index contributed by atoms with van der Waals surface area (Å²) in [5, 5.41) is 5.54. The van der Waals surface area contributed by atoms with Crippen molar-refractivity contribution >= 4 is 80.9 Å². The summed E-state index contributed by atoms with van der Waals surface area (Å²) in [6, 6.07) is 5.81. The Morgan fingerprint density at radius 1 is 1.02 bits per heavy atom. The predicted octanol–water partition coefficient (Wildman–Crippen LogP) is 4.90. The van der Waals surface area contributed by atoms with Crippen molar-refractivity contribution in [2.24, 2.45) is 7.05 Å². The smallest absolute Gasteiger partial charge is 0.335 e. The van der Waals surface area contributed by atoms with Gasteiger partial charge in [-0.3, -0.25) is 13.9 Å². The van der Waals surface area contributed by atoms with Crippen LogP contribution in [0.4, 0.5) is 10.2 Å². The first kappa shape index (κ1) is 40.6. The van der Waals surface area contributed by atoms with Crippen molar-refractivity contribution in [1.29, 1.82) is 0 Å². The van der Waals surface area contributed by atoms with E-state index in [0.29, 0.717) is 22.4 Å². The van der Waals surface area contributed by atoms with Gasteiger partial charge in [0.15, 0.2) is 16.7 Å². The molecular weight excluding hydrogens is 693 g/mol. The molecule has 0 amide bonds. The summed E-state index contributed by atoms with van der Waals surface area (Å²) in [6.07, 6.45) is 2.27. The van der Waals surface area contributed by atoms with Crippen molar-refractivity contribution in [1.82, 2.24) is 24.5 Å². The fourth-order valence-corrected chi connectivity index (χ4v) is 6.94. The SMILES string of the molecule is [B]C1([B])c2cn(C)nc2-c2ccc(F)cc2[C@@H](C)Oc2cc(cnc2NCOP(OC(C)(C)C)OC(C)(C)C)-c2c1c(Cl)nn2C([B])([B])C([B])([B])[B]. The first-order chi connectivity index (χ1) is 23.8. The highest BCUT2D eigenvalue weighted by Crippen LogP contribution is 2.49. The molecule has 1 atom stereocenters. The van der Waals surface area contributed by atoms with E-state index in [1.807, 2.05) is 41.5 Å². The van der Waals surface area contributed by atoms with Crippen molar-refractivity contribution in [3.8, 4) is 28.3 Å². The Balaban J connectivity index is 1.73. The topological polar surface area (TPSA) is 97.5 Å². The number of anilines is 1. The zero-order valence-electron chi connectivity index (χ0n) is 30.4. The summed E-state index contributed by atoms with van der Waals surface area (Å²) >= 11 is 6.84. The van der Waals surface area contributed by atoms with Gasteiger partial charge in [-0.1, -0.05) is 11.6 Å². The van der Waals surface area contributed by atoms with Crippen LogP contribution < -0.4 is 10.1 Å². The van der Waals surface area contributed by atoms with E-state index in [2.05, 4.69) is 20.5 Å². The maximum atomic E-state index is 14.9. The summed E-state index contributed by atoms with van der Waals surface area (Å²) < 4.78 is 42.1. The van der Waals surface area contributed by atoms with Crippen molar-refractivity contribution in [2.75, 3.05) is 12.0 Å². The number of aryl methyl sites for hydroxylation is 1. The van der Waals surface area contributed by atoms with Crippen LogP contribution in [0, 0.1) is 5.82 Å². The van der Waals surface area contributed by atoms with Crippen LogP contribution in [0.1, 0.15) is 71.3 Å². The van der Waals surface area contributed by atoms with E-state index in [0.717, 1.165) is 4.68 Å². The van der Waals surface area contributed by atoms with E-state index in [-0.39, 0.29) is 40.3 Å². The summed E-state index contributed by atoms with van der Waals surface area (Å²) in [6.45, 7) is 13.0. The molecule has 1 aliphatic rings. The van der Waals surface area contributed by atoms with Gasteiger partial charge in [-0.15, -0.1) is 5.11 Å². The third kappa shape index (κ3) is 8.36. The molecule has 1 aromatic carbocycles. The zero-order valence-corrected chi connectivity index (χ0v) is 32.0. The number of pyridine rings is 1. The molecule has 0 aliphatic carbocycles. The summed E-state index contributed by atoms with van der Waals surface area (Å²) in [5.74, 6) is -0.0939. The number of fused-ring (bicyclic) bond motifs is 7. The zero-order chi connectivity index (χ0) is 38.8. The van der Waals surface area contributed by atoms with E-state index in [9.17, 15) is 4.39 Å². The lowest BCUT2D eigenvalue weighted by molar-refractivity contribution is 0.0350. The monoisotopic (exact) mass is 728 g/mol. The van der Waals surface area contributed by atoms with Crippen molar-refractivity contribution < 1.29 is 22.7 Å². The van der Waals surface area contributed by atoms with Crippen molar-refractivity contribution in [2.45, 2.75) is 81.4 Å². The highest BCUT2D eigenvalue weighted by atomic mass is 35.5. The molecule has 1 aliphatic heterocycles. The van der Waals surface area contributed by atoms with Crippen LogP contribution >= 0.6 is 20.2 Å². The minimum Gasteiger partial charge on any atom is -0.482 e. The first-order valence-corrected chi connectivity index (χ1v) is 17.7. The molecule has 5 rings (SSSR count). The van der Waals surface area contributed by atoms with Crippen LogP contribution in [0.5, 0.6) is 5.75 Å². The van der Waals surface area contributed by atoms with Crippen LogP contribution in [0.2, 0.25) is 10.3 Å². The van der Waals surface area contributed by atoms with E-state index >= 15 is 0 Å². The van der Waals surface area contributed by atoms with Crippen molar-refractivity contribution in [3.63, 3.8) is 0 Å². The molecule has 4 aromatic rings. The molecule has 3 aromatic heterocycles. The first-order valence-electron chi connectivity index (χ1n) is 16.2. The Labute approximate surface area is 320 Å². The van der Waals surface area contributed by atoms with Gasteiger partial charge in [-0.25, -0.2) is 9.37 Å². The minimum atomic E-state index is -2.27. The molecule has 20 heteroatoms. The quantitative estimate of drug-likeness (QED) is 0.156. The molecule has 14 radical (unpaired) electrons. The molecule has 52 heavy (non-hydrogen) atoms. The summed E-state index contributed by atoms with van der Waals surface area (Å²) in [7, 11) is 45.1. The van der Waals surface area contributed by atoms with Crippen LogP contribution in [-0.2, 0) is 31.2 Å². The average molecular weight is 728 g/mol. The fourth-order valence-electron chi connectivity index (χ4n) is 5.41. The van der Waals surface area contributed by atoms with Gasteiger partial charge < -0.3 is 19.1 Å². The lowest BCUT2D eigenvalue weighted by atomic mass is 9.26. The normalized spacial score (nSPS) is 16.2.